The highest BCUT2D eigenvalue weighted by Gasteiger charge is 2.58. The number of nitrogens with zero attached hydrogens (tertiary/aromatic N) is 2. The lowest BCUT2D eigenvalue weighted by Gasteiger charge is -2.39. The zero-order valence-electron chi connectivity index (χ0n) is 24.8. The van der Waals surface area contributed by atoms with Gasteiger partial charge in [-0.05, 0) is 68.3 Å². The van der Waals surface area contributed by atoms with Gasteiger partial charge in [0.05, 0.1) is 31.7 Å². The predicted octanol–water partition coefficient (Wildman–Crippen LogP) is 8.11. The van der Waals surface area contributed by atoms with Crippen LogP contribution in [-0.2, 0) is 14.3 Å². The molecule has 0 unspecified atom stereocenters. The fourth-order valence-corrected chi connectivity index (χ4v) is 8.40. The molecule has 0 aliphatic carbocycles. The van der Waals surface area contributed by atoms with E-state index in [0.717, 1.165) is 72.6 Å². The van der Waals surface area contributed by atoms with Gasteiger partial charge in [-0.2, -0.15) is 0 Å². The smallest absolute Gasteiger partial charge is 0.225 e. The Balaban J connectivity index is 1.41. The van der Waals surface area contributed by atoms with Crippen molar-refractivity contribution in [3.8, 4) is 0 Å². The van der Waals surface area contributed by atoms with E-state index in [1.54, 1.807) is 0 Å². The van der Waals surface area contributed by atoms with Gasteiger partial charge in [0.2, 0.25) is 5.91 Å². The van der Waals surface area contributed by atoms with Crippen LogP contribution in [0.15, 0.2) is 83.9 Å². The Morgan fingerprint density at radius 1 is 1.02 bits per heavy atom. The number of Topliss-reactive ketones (excluding diaryl/α,β-unsaturated/α-hetero) is 1. The molecule has 2 aliphatic heterocycles. The molecule has 2 saturated heterocycles. The maximum atomic E-state index is 14.7. The minimum atomic E-state index is -1.02. The Morgan fingerprint density at radius 3 is 2.50 bits per heavy atom. The minimum absolute atomic E-state index is 0.0362. The summed E-state index contributed by atoms with van der Waals surface area (Å²) in [5, 5.41) is 2.22. The summed E-state index contributed by atoms with van der Waals surface area (Å²) in [5.41, 5.74) is 2.77. The lowest BCUT2D eigenvalue weighted by atomic mass is 9.86. The van der Waals surface area contributed by atoms with Crippen molar-refractivity contribution in [2.45, 2.75) is 54.3 Å². The molecule has 1 N–H and O–H groups in total. The molecule has 0 spiro atoms. The standard InChI is InChI=1S/C35H37Cl2N3O3S/c1-24(25-10-12-26(36)13-11-25)40-33(42)22-35(44-28-7-3-2-4-8-28,32(41)9-5-6-16-39-17-19-43-20-18-39)34(40)30-23-38-31-21-27(37)14-15-29(30)31/h2-4,7-8,10-15,21,23-24,34,38H,5-6,9,16-20,22H2,1H3/t24-,34-,35-/m0/s1. The fraction of sp³-hybridized carbons (Fsp3) is 0.371. The van der Waals surface area contributed by atoms with Gasteiger partial charge in [-0.1, -0.05) is 59.6 Å². The number of aromatic nitrogens is 1. The van der Waals surface area contributed by atoms with E-state index < -0.39 is 10.8 Å². The van der Waals surface area contributed by atoms with Crippen LogP contribution in [0.4, 0.5) is 0 Å². The molecule has 44 heavy (non-hydrogen) atoms. The van der Waals surface area contributed by atoms with Gasteiger partial charge in [-0.25, -0.2) is 0 Å². The number of carbonyl (C=O) groups excluding carboxylic acids is 2. The number of ether oxygens (including phenoxy) is 1. The zero-order chi connectivity index (χ0) is 30.7. The highest BCUT2D eigenvalue weighted by Crippen LogP contribution is 2.57. The maximum absolute atomic E-state index is 14.7. The van der Waals surface area contributed by atoms with Crippen LogP contribution < -0.4 is 0 Å². The second-order valence-electron chi connectivity index (χ2n) is 11.7. The summed E-state index contributed by atoms with van der Waals surface area (Å²) in [4.78, 5) is 37.7. The number of hydrogen-bond acceptors (Lipinski definition) is 5. The first-order valence-corrected chi connectivity index (χ1v) is 16.8. The fourth-order valence-electron chi connectivity index (χ4n) is 6.63. The molecule has 2 aliphatic rings. The van der Waals surface area contributed by atoms with Gasteiger partial charge in [0.25, 0.3) is 0 Å². The molecule has 0 radical (unpaired) electrons. The van der Waals surface area contributed by atoms with Crippen LogP contribution in [0.25, 0.3) is 10.9 Å². The lowest BCUT2D eigenvalue weighted by Crippen LogP contribution is -2.42. The van der Waals surface area contributed by atoms with Crippen molar-refractivity contribution in [2.75, 3.05) is 32.8 Å². The van der Waals surface area contributed by atoms with Crippen LogP contribution in [0.1, 0.15) is 55.8 Å². The Labute approximate surface area is 273 Å². The molecular weight excluding hydrogens is 613 g/mol. The van der Waals surface area contributed by atoms with Crippen LogP contribution in [-0.4, -0.2) is 64.1 Å². The summed E-state index contributed by atoms with van der Waals surface area (Å²) in [6.45, 7) is 6.37. The quantitative estimate of drug-likeness (QED) is 0.166. The number of amides is 1. The number of carbonyl (C=O) groups is 2. The van der Waals surface area contributed by atoms with E-state index in [-0.39, 0.29) is 24.2 Å². The van der Waals surface area contributed by atoms with Gasteiger partial charge in [0.1, 0.15) is 4.75 Å². The molecule has 9 heteroatoms. The second-order valence-corrected chi connectivity index (χ2v) is 14.0. The van der Waals surface area contributed by atoms with Crippen molar-refractivity contribution in [3.63, 3.8) is 0 Å². The van der Waals surface area contributed by atoms with Gasteiger partial charge in [0, 0.05) is 57.1 Å². The zero-order valence-corrected chi connectivity index (χ0v) is 27.1. The average molecular weight is 651 g/mol. The highest BCUT2D eigenvalue weighted by atomic mass is 35.5. The van der Waals surface area contributed by atoms with Crippen molar-refractivity contribution in [1.29, 1.82) is 0 Å². The van der Waals surface area contributed by atoms with E-state index in [9.17, 15) is 9.59 Å². The van der Waals surface area contributed by atoms with E-state index in [1.807, 2.05) is 90.8 Å². The van der Waals surface area contributed by atoms with Crippen LogP contribution in [0.2, 0.25) is 10.0 Å². The van der Waals surface area contributed by atoms with Crippen LogP contribution >= 0.6 is 35.0 Å². The normalized spacial score (nSPS) is 21.7. The number of halogens is 2. The number of ketones is 1. The number of H-pyrrole nitrogens is 1. The summed E-state index contributed by atoms with van der Waals surface area (Å²) < 4.78 is 4.47. The third kappa shape index (κ3) is 6.44. The van der Waals surface area contributed by atoms with E-state index in [0.29, 0.717) is 16.5 Å². The number of morpholine rings is 1. The molecule has 3 aromatic carbocycles. The summed E-state index contributed by atoms with van der Waals surface area (Å²) in [6.07, 6.45) is 4.18. The van der Waals surface area contributed by atoms with E-state index in [2.05, 4.69) is 9.88 Å². The molecule has 0 bridgehead atoms. The molecule has 1 aromatic heterocycles. The average Bonchev–Trinajstić information content (AvgIpc) is 3.57. The minimum Gasteiger partial charge on any atom is -0.379 e. The van der Waals surface area contributed by atoms with Crippen molar-refractivity contribution in [1.82, 2.24) is 14.8 Å². The number of hydrogen-bond donors (Lipinski definition) is 1. The number of rotatable bonds is 11. The molecule has 3 atom stereocenters. The van der Waals surface area contributed by atoms with Crippen LogP contribution in [0.5, 0.6) is 0 Å². The Kier molecular flexibility index (Phi) is 9.69. The summed E-state index contributed by atoms with van der Waals surface area (Å²) in [5.74, 6) is 0.0756. The molecule has 230 valence electrons. The predicted molar refractivity (Wildman–Crippen MR) is 179 cm³/mol. The van der Waals surface area contributed by atoms with Gasteiger partial charge in [0.15, 0.2) is 5.78 Å². The molecule has 3 heterocycles. The molecular formula is C35H37Cl2N3O3S. The van der Waals surface area contributed by atoms with Gasteiger partial charge in [-0.15, -0.1) is 11.8 Å². The Morgan fingerprint density at radius 2 is 1.75 bits per heavy atom. The monoisotopic (exact) mass is 649 g/mol. The Bertz CT molecular complexity index is 1610. The van der Waals surface area contributed by atoms with E-state index in [4.69, 9.17) is 27.9 Å². The molecule has 2 fully saturated rings. The lowest BCUT2D eigenvalue weighted by molar-refractivity contribution is -0.131. The first-order valence-electron chi connectivity index (χ1n) is 15.3. The summed E-state index contributed by atoms with van der Waals surface area (Å²) >= 11 is 14.1. The molecule has 6 nitrogen and oxygen atoms in total. The number of nitrogens with one attached hydrogen (secondary N) is 1. The largest absolute Gasteiger partial charge is 0.379 e. The second kappa shape index (κ2) is 13.7. The van der Waals surface area contributed by atoms with Crippen molar-refractivity contribution in [2.24, 2.45) is 0 Å². The van der Waals surface area contributed by atoms with Gasteiger partial charge < -0.3 is 14.6 Å². The number of unbranched alkanes of at least 4 members (excludes halogenated alkanes) is 1. The highest BCUT2D eigenvalue weighted by molar-refractivity contribution is 8.01. The summed E-state index contributed by atoms with van der Waals surface area (Å²) in [7, 11) is 0. The molecule has 1 amide bonds. The number of aromatic amines is 1. The van der Waals surface area contributed by atoms with E-state index in [1.165, 1.54) is 11.8 Å². The van der Waals surface area contributed by atoms with Crippen LogP contribution in [0, 0.1) is 0 Å². The Hall–Kier alpha value is -2.81. The van der Waals surface area contributed by atoms with Gasteiger partial charge >= 0.3 is 0 Å². The molecule has 4 aromatic rings. The third-order valence-electron chi connectivity index (χ3n) is 8.91. The molecule has 6 rings (SSSR count). The van der Waals surface area contributed by atoms with Crippen molar-refractivity contribution >= 4 is 57.6 Å². The molecule has 0 saturated carbocycles. The topological polar surface area (TPSA) is 65.6 Å². The van der Waals surface area contributed by atoms with E-state index >= 15 is 0 Å². The number of likely N-dealkylation sites (tertiary alicyclic amines) is 1. The van der Waals surface area contributed by atoms with Crippen LogP contribution in [0.3, 0.4) is 0 Å². The van der Waals surface area contributed by atoms with Crippen molar-refractivity contribution < 1.29 is 14.3 Å². The number of fused-ring (bicyclic) bond motifs is 1. The van der Waals surface area contributed by atoms with Gasteiger partial charge in [-0.3, -0.25) is 14.5 Å². The summed E-state index contributed by atoms with van der Waals surface area (Å²) in [6, 6.07) is 22.6. The van der Waals surface area contributed by atoms with Crippen molar-refractivity contribution in [3.05, 3.63) is 100 Å². The first kappa shape index (κ1) is 31.2. The maximum Gasteiger partial charge on any atom is 0.225 e. The third-order valence-corrected chi connectivity index (χ3v) is 10.9. The number of thioether (sulfide) groups is 1. The number of benzene rings is 3. The SMILES string of the molecule is C[C@@H](c1ccc(Cl)cc1)N1C(=O)C[C@](Sc2ccccc2)(C(=O)CCCCN2CCOCC2)[C@@H]1c1c[nH]c2cc(Cl)ccc12. The first-order chi connectivity index (χ1) is 21.4.